The lowest BCUT2D eigenvalue weighted by Crippen LogP contribution is -2.13. The molecule has 20 heavy (non-hydrogen) atoms. The number of sulfonamides is 1. The van der Waals surface area contributed by atoms with Crippen LogP contribution in [0.2, 0.25) is 5.02 Å². The van der Waals surface area contributed by atoms with Gasteiger partial charge in [0.2, 0.25) is 0 Å². The van der Waals surface area contributed by atoms with Gasteiger partial charge >= 0.3 is 0 Å². The minimum absolute atomic E-state index is 0.273. The topological polar surface area (TPSA) is 58.2 Å². The Bertz CT molecular complexity index is 742. The maximum atomic E-state index is 12.3. The molecular weight excluding hydrogens is 296 g/mol. The molecular formula is C14H13ClN2O2S. The Labute approximate surface area is 122 Å². The number of anilines is 2. The normalized spacial score (nSPS) is 13.7. The molecule has 0 saturated carbocycles. The fourth-order valence-electron chi connectivity index (χ4n) is 2.18. The Morgan fingerprint density at radius 1 is 1.10 bits per heavy atom. The summed E-state index contributed by atoms with van der Waals surface area (Å²) >= 11 is 5.78. The Balaban J connectivity index is 1.90. The minimum Gasteiger partial charge on any atom is -0.384 e. The summed E-state index contributed by atoms with van der Waals surface area (Å²) in [5.74, 6) is 0. The van der Waals surface area contributed by atoms with Crippen molar-refractivity contribution in [3.63, 3.8) is 0 Å². The van der Waals surface area contributed by atoms with Gasteiger partial charge in [0.15, 0.2) is 0 Å². The van der Waals surface area contributed by atoms with Crippen LogP contribution in [0.4, 0.5) is 11.4 Å². The summed E-state index contributed by atoms with van der Waals surface area (Å²) in [4.78, 5) is 0.273. The van der Waals surface area contributed by atoms with Crippen LogP contribution >= 0.6 is 11.6 Å². The molecule has 3 rings (SSSR count). The van der Waals surface area contributed by atoms with E-state index in [9.17, 15) is 8.42 Å². The fraction of sp³-hybridized carbons (Fsp3) is 0.143. The van der Waals surface area contributed by atoms with Gasteiger partial charge in [0, 0.05) is 22.9 Å². The second kappa shape index (κ2) is 5.00. The van der Waals surface area contributed by atoms with E-state index in [4.69, 9.17) is 11.6 Å². The average Bonchev–Trinajstić information content (AvgIpc) is 2.88. The molecule has 1 aliphatic heterocycles. The van der Waals surface area contributed by atoms with Gasteiger partial charge in [-0.1, -0.05) is 11.6 Å². The van der Waals surface area contributed by atoms with Gasteiger partial charge in [0.25, 0.3) is 10.0 Å². The molecule has 4 nitrogen and oxygen atoms in total. The number of benzene rings is 2. The standard InChI is InChI=1S/C14H13ClN2O2S/c15-11-1-3-12(4-2-11)17-20(18,19)13-5-6-14-10(9-13)7-8-16-14/h1-6,9,16-17H,7-8H2. The van der Waals surface area contributed by atoms with Crippen LogP contribution in [0, 0.1) is 0 Å². The highest BCUT2D eigenvalue weighted by atomic mass is 35.5. The molecule has 104 valence electrons. The van der Waals surface area contributed by atoms with Crippen molar-refractivity contribution in [3.8, 4) is 0 Å². The largest absolute Gasteiger partial charge is 0.384 e. The van der Waals surface area contributed by atoms with Crippen molar-refractivity contribution in [2.45, 2.75) is 11.3 Å². The highest BCUT2D eigenvalue weighted by Crippen LogP contribution is 2.26. The van der Waals surface area contributed by atoms with E-state index < -0.39 is 10.0 Å². The summed E-state index contributed by atoms with van der Waals surface area (Å²) in [5.41, 5.74) is 2.53. The number of nitrogens with one attached hydrogen (secondary N) is 2. The van der Waals surface area contributed by atoms with Gasteiger partial charge in [-0.3, -0.25) is 4.72 Å². The van der Waals surface area contributed by atoms with Gasteiger partial charge in [0.1, 0.15) is 0 Å². The van der Waals surface area contributed by atoms with Gasteiger partial charge in [0.05, 0.1) is 4.90 Å². The quantitative estimate of drug-likeness (QED) is 0.916. The molecule has 1 aliphatic rings. The monoisotopic (exact) mass is 308 g/mol. The van der Waals surface area contributed by atoms with Crippen LogP contribution in [0.25, 0.3) is 0 Å². The van der Waals surface area contributed by atoms with Crippen molar-refractivity contribution >= 4 is 33.0 Å². The van der Waals surface area contributed by atoms with Crippen molar-refractivity contribution in [1.82, 2.24) is 0 Å². The predicted octanol–water partition coefficient (Wildman–Crippen LogP) is 3.11. The Kier molecular flexibility index (Phi) is 3.31. The van der Waals surface area contributed by atoms with Gasteiger partial charge in [-0.15, -0.1) is 0 Å². The van der Waals surface area contributed by atoms with Crippen molar-refractivity contribution in [1.29, 1.82) is 0 Å². The smallest absolute Gasteiger partial charge is 0.261 e. The third-order valence-electron chi connectivity index (χ3n) is 3.19. The second-order valence-corrected chi connectivity index (χ2v) is 6.73. The third kappa shape index (κ3) is 2.59. The maximum absolute atomic E-state index is 12.3. The molecule has 0 fully saturated rings. The fourth-order valence-corrected chi connectivity index (χ4v) is 3.42. The number of hydrogen-bond donors (Lipinski definition) is 2. The van der Waals surface area contributed by atoms with Gasteiger partial charge < -0.3 is 5.32 Å². The number of halogens is 1. The van der Waals surface area contributed by atoms with Crippen LogP contribution in [0.1, 0.15) is 5.56 Å². The Morgan fingerprint density at radius 2 is 1.85 bits per heavy atom. The Morgan fingerprint density at radius 3 is 2.60 bits per heavy atom. The van der Waals surface area contributed by atoms with Gasteiger partial charge in [-0.2, -0.15) is 0 Å². The van der Waals surface area contributed by atoms with E-state index in [0.29, 0.717) is 10.7 Å². The number of rotatable bonds is 3. The summed E-state index contributed by atoms with van der Waals surface area (Å²) in [7, 11) is -3.57. The first-order chi connectivity index (χ1) is 9.54. The summed E-state index contributed by atoms with van der Waals surface area (Å²) in [6.45, 7) is 0.851. The molecule has 0 amide bonds. The van der Waals surface area contributed by atoms with Crippen LogP contribution in [0.3, 0.4) is 0 Å². The first-order valence-corrected chi connectivity index (χ1v) is 8.06. The molecule has 0 radical (unpaired) electrons. The van der Waals surface area contributed by atoms with Crippen LogP contribution in [0.5, 0.6) is 0 Å². The molecule has 0 saturated heterocycles. The van der Waals surface area contributed by atoms with E-state index in [2.05, 4.69) is 10.0 Å². The molecule has 0 unspecified atom stereocenters. The number of hydrogen-bond acceptors (Lipinski definition) is 3. The summed E-state index contributed by atoms with van der Waals surface area (Å²) in [6.07, 6.45) is 0.847. The lowest BCUT2D eigenvalue weighted by molar-refractivity contribution is 0.601. The van der Waals surface area contributed by atoms with Crippen LogP contribution in [-0.2, 0) is 16.4 Å². The Hall–Kier alpha value is -1.72. The summed E-state index contributed by atoms with van der Waals surface area (Å²) in [5, 5.41) is 3.77. The van der Waals surface area contributed by atoms with Crippen molar-refractivity contribution in [2.75, 3.05) is 16.6 Å². The van der Waals surface area contributed by atoms with Crippen LogP contribution < -0.4 is 10.0 Å². The first-order valence-electron chi connectivity index (χ1n) is 6.20. The highest BCUT2D eigenvalue weighted by Gasteiger charge is 2.18. The second-order valence-electron chi connectivity index (χ2n) is 4.61. The van der Waals surface area contributed by atoms with E-state index in [0.717, 1.165) is 24.2 Å². The van der Waals surface area contributed by atoms with E-state index in [1.54, 1.807) is 42.5 Å². The summed E-state index contributed by atoms with van der Waals surface area (Å²) in [6, 6.07) is 11.7. The molecule has 0 bridgehead atoms. The minimum atomic E-state index is -3.57. The number of fused-ring (bicyclic) bond motifs is 1. The third-order valence-corrected chi connectivity index (χ3v) is 4.82. The molecule has 1 heterocycles. The van der Waals surface area contributed by atoms with E-state index in [-0.39, 0.29) is 4.90 Å². The molecule has 2 aromatic rings. The molecule has 0 aromatic heterocycles. The van der Waals surface area contributed by atoms with E-state index >= 15 is 0 Å². The molecule has 2 N–H and O–H groups in total. The van der Waals surface area contributed by atoms with Crippen molar-refractivity contribution in [2.24, 2.45) is 0 Å². The van der Waals surface area contributed by atoms with Gasteiger partial charge in [-0.25, -0.2) is 8.42 Å². The molecule has 2 aromatic carbocycles. The zero-order valence-electron chi connectivity index (χ0n) is 10.6. The molecule has 0 spiro atoms. The van der Waals surface area contributed by atoms with E-state index in [1.165, 1.54) is 0 Å². The lowest BCUT2D eigenvalue weighted by Gasteiger charge is -2.09. The predicted molar refractivity (Wildman–Crippen MR) is 80.9 cm³/mol. The average molecular weight is 309 g/mol. The van der Waals surface area contributed by atoms with Crippen LogP contribution in [0.15, 0.2) is 47.4 Å². The SMILES string of the molecule is O=S(=O)(Nc1ccc(Cl)cc1)c1ccc2c(c1)CCN2. The molecule has 6 heteroatoms. The zero-order valence-corrected chi connectivity index (χ0v) is 12.1. The highest BCUT2D eigenvalue weighted by molar-refractivity contribution is 7.92. The molecule has 0 atom stereocenters. The molecule has 0 aliphatic carbocycles. The van der Waals surface area contributed by atoms with Crippen molar-refractivity contribution in [3.05, 3.63) is 53.1 Å². The zero-order chi connectivity index (χ0) is 14.2. The maximum Gasteiger partial charge on any atom is 0.261 e. The van der Waals surface area contributed by atoms with Crippen molar-refractivity contribution < 1.29 is 8.42 Å². The lowest BCUT2D eigenvalue weighted by atomic mass is 10.2. The van der Waals surface area contributed by atoms with Gasteiger partial charge in [-0.05, 0) is 54.4 Å². The van der Waals surface area contributed by atoms with Crippen LogP contribution in [-0.4, -0.2) is 15.0 Å². The van der Waals surface area contributed by atoms with E-state index in [1.807, 2.05) is 0 Å². The summed E-state index contributed by atoms with van der Waals surface area (Å²) < 4.78 is 27.2. The first kappa shape index (κ1) is 13.3.